The van der Waals surface area contributed by atoms with Gasteiger partial charge in [0.1, 0.15) is 5.75 Å². The van der Waals surface area contributed by atoms with Crippen molar-refractivity contribution in [3.05, 3.63) is 125 Å². The average molecular weight is 555 g/mol. The third kappa shape index (κ3) is 5.26. The number of aryl methyl sites for hydroxylation is 1. The normalized spacial score (nSPS) is 11.7. The first kappa shape index (κ1) is 27.2. The maximum Gasteiger partial charge on any atom is 0.426 e. The van der Waals surface area contributed by atoms with Crippen LogP contribution in [0.15, 0.2) is 84.9 Å². The van der Waals surface area contributed by atoms with Gasteiger partial charge in [-0.3, -0.25) is 0 Å². The van der Waals surface area contributed by atoms with Crippen LogP contribution in [0.5, 0.6) is 5.75 Å². The zero-order valence-electron chi connectivity index (χ0n) is 21.1. The molecule has 0 N–H and O–H groups in total. The SMILES string of the molecule is CCCc1ccc(-c2ccc(-c3ccc4cc(C(F)(F)Oc5cc(F)c(F)c(F)c5)ccc4c3)c(F)c2F)cc1. The summed E-state index contributed by atoms with van der Waals surface area (Å²) in [6.07, 6.45) is -2.15. The van der Waals surface area contributed by atoms with E-state index in [-0.39, 0.29) is 11.1 Å². The second kappa shape index (κ2) is 10.7. The summed E-state index contributed by atoms with van der Waals surface area (Å²) in [6, 6.07) is 18.8. The van der Waals surface area contributed by atoms with Crippen molar-refractivity contribution < 1.29 is 35.5 Å². The molecule has 0 fully saturated rings. The van der Waals surface area contributed by atoms with Crippen molar-refractivity contribution in [3.63, 3.8) is 0 Å². The highest BCUT2D eigenvalue weighted by molar-refractivity contribution is 5.88. The quantitative estimate of drug-likeness (QED) is 0.144. The zero-order valence-corrected chi connectivity index (χ0v) is 21.1. The van der Waals surface area contributed by atoms with Gasteiger partial charge in [0.05, 0.1) is 5.56 Å². The Morgan fingerprint density at radius 2 is 1.15 bits per heavy atom. The van der Waals surface area contributed by atoms with Gasteiger partial charge in [-0.1, -0.05) is 67.9 Å². The largest absolute Gasteiger partial charge is 0.429 e. The van der Waals surface area contributed by atoms with E-state index in [2.05, 4.69) is 11.7 Å². The first-order valence-corrected chi connectivity index (χ1v) is 12.4. The van der Waals surface area contributed by atoms with Crippen molar-refractivity contribution in [2.75, 3.05) is 0 Å². The predicted molar refractivity (Wildman–Crippen MR) is 140 cm³/mol. The van der Waals surface area contributed by atoms with Gasteiger partial charge in [-0.05, 0) is 52.1 Å². The second-order valence-electron chi connectivity index (χ2n) is 9.33. The third-order valence-corrected chi connectivity index (χ3v) is 6.58. The molecule has 0 aliphatic heterocycles. The van der Waals surface area contributed by atoms with Crippen LogP contribution in [0.3, 0.4) is 0 Å². The van der Waals surface area contributed by atoms with Crippen molar-refractivity contribution >= 4 is 10.8 Å². The molecule has 0 radical (unpaired) electrons. The Morgan fingerprint density at radius 1 is 0.600 bits per heavy atom. The minimum Gasteiger partial charge on any atom is -0.429 e. The number of hydrogen-bond acceptors (Lipinski definition) is 1. The highest BCUT2D eigenvalue weighted by atomic mass is 19.3. The first-order valence-electron chi connectivity index (χ1n) is 12.4. The van der Waals surface area contributed by atoms with Gasteiger partial charge in [-0.15, -0.1) is 0 Å². The van der Waals surface area contributed by atoms with Crippen LogP contribution in [0.4, 0.5) is 30.7 Å². The summed E-state index contributed by atoms with van der Waals surface area (Å²) in [7, 11) is 0. The summed E-state index contributed by atoms with van der Waals surface area (Å²) < 4.78 is 104. The van der Waals surface area contributed by atoms with Gasteiger partial charge >= 0.3 is 6.11 Å². The van der Waals surface area contributed by atoms with Gasteiger partial charge in [-0.2, -0.15) is 8.78 Å². The Hall–Kier alpha value is -4.33. The van der Waals surface area contributed by atoms with Crippen LogP contribution in [-0.2, 0) is 12.5 Å². The molecule has 5 aromatic rings. The third-order valence-electron chi connectivity index (χ3n) is 6.58. The number of benzene rings is 5. The summed E-state index contributed by atoms with van der Waals surface area (Å²) in [5.74, 6) is -8.07. The molecule has 0 aliphatic carbocycles. The van der Waals surface area contributed by atoms with E-state index in [4.69, 9.17) is 0 Å². The molecular weight excluding hydrogens is 533 g/mol. The van der Waals surface area contributed by atoms with Gasteiger partial charge in [-0.25, -0.2) is 22.0 Å². The minimum absolute atomic E-state index is 0.00357. The molecule has 0 atom stereocenters. The lowest BCUT2D eigenvalue weighted by Gasteiger charge is -2.19. The van der Waals surface area contributed by atoms with E-state index in [1.807, 2.05) is 12.1 Å². The molecule has 0 saturated heterocycles. The number of alkyl halides is 2. The van der Waals surface area contributed by atoms with Gasteiger partial charge in [0.2, 0.25) is 0 Å². The lowest BCUT2D eigenvalue weighted by molar-refractivity contribution is -0.185. The molecule has 5 rings (SSSR count). The predicted octanol–water partition coefficient (Wildman–Crippen LogP) is 9.95. The molecule has 0 aliphatic rings. The highest BCUT2D eigenvalue weighted by Gasteiger charge is 2.35. The van der Waals surface area contributed by atoms with Crippen LogP contribution < -0.4 is 4.74 Å². The number of hydrogen-bond donors (Lipinski definition) is 0. The Bertz CT molecular complexity index is 1690. The maximum atomic E-state index is 15.2. The summed E-state index contributed by atoms with van der Waals surface area (Å²) in [5.41, 5.74) is 1.47. The Balaban J connectivity index is 1.43. The van der Waals surface area contributed by atoms with Crippen LogP contribution >= 0.6 is 0 Å². The van der Waals surface area contributed by atoms with E-state index in [0.717, 1.165) is 30.5 Å². The van der Waals surface area contributed by atoms with Crippen molar-refractivity contribution in [2.45, 2.75) is 25.9 Å². The fourth-order valence-electron chi connectivity index (χ4n) is 4.53. The monoisotopic (exact) mass is 554 g/mol. The van der Waals surface area contributed by atoms with Crippen molar-refractivity contribution in [2.24, 2.45) is 0 Å². The van der Waals surface area contributed by atoms with Crippen molar-refractivity contribution in [3.8, 4) is 28.0 Å². The molecule has 8 heteroatoms. The van der Waals surface area contributed by atoms with E-state index in [9.17, 15) is 22.0 Å². The molecule has 0 saturated carbocycles. The van der Waals surface area contributed by atoms with E-state index in [1.165, 1.54) is 36.4 Å². The Labute approximate surface area is 225 Å². The molecule has 0 bridgehead atoms. The smallest absolute Gasteiger partial charge is 0.426 e. The van der Waals surface area contributed by atoms with E-state index in [1.54, 1.807) is 12.1 Å². The summed E-state index contributed by atoms with van der Waals surface area (Å²) in [6.45, 7) is 2.06. The van der Waals surface area contributed by atoms with Crippen LogP contribution in [0.2, 0.25) is 0 Å². The van der Waals surface area contributed by atoms with Crippen LogP contribution in [0.1, 0.15) is 24.5 Å². The molecule has 0 amide bonds. The number of fused-ring (bicyclic) bond motifs is 1. The van der Waals surface area contributed by atoms with E-state index in [0.29, 0.717) is 34.0 Å². The molecule has 0 heterocycles. The van der Waals surface area contributed by atoms with Crippen LogP contribution in [-0.4, -0.2) is 0 Å². The molecule has 5 aromatic carbocycles. The molecule has 1 nitrogen and oxygen atoms in total. The van der Waals surface area contributed by atoms with Gasteiger partial charge in [0.15, 0.2) is 29.1 Å². The van der Waals surface area contributed by atoms with Crippen LogP contribution in [0.25, 0.3) is 33.0 Å². The summed E-state index contributed by atoms with van der Waals surface area (Å²) >= 11 is 0. The maximum absolute atomic E-state index is 15.2. The number of ether oxygens (including phenoxy) is 1. The molecule has 0 aromatic heterocycles. The summed E-state index contributed by atoms with van der Waals surface area (Å²) in [5, 5.41) is 0.775. The lowest BCUT2D eigenvalue weighted by atomic mass is 9.96. The Morgan fingerprint density at radius 3 is 1.77 bits per heavy atom. The Kier molecular flexibility index (Phi) is 7.27. The lowest BCUT2D eigenvalue weighted by Crippen LogP contribution is -2.22. The zero-order chi connectivity index (χ0) is 28.6. The van der Waals surface area contributed by atoms with Gasteiger partial charge in [0, 0.05) is 23.3 Å². The molecule has 204 valence electrons. The highest BCUT2D eigenvalue weighted by Crippen LogP contribution is 2.36. The van der Waals surface area contributed by atoms with E-state index < -0.39 is 46.5 Å². The standard InChI is InChI=1S/C32H21F7O/c1-2-3-18-4-6-19(7-5-18)25-12-13-26(30(36)29(25)35)22-9-8-21-15-23(11-10-20(21)14-22)32(38,39)40-24-16-27(33)31(37)28(34)17-24/h4-17H,2-3H2,1H3. The average Bonchev–Trinajstić information content (AvgIpc) is 2.93. The van der Waals surface area contributed by atoms with Crippen LogP contribution in [0, 0.1) is 29.1 Å². The van der Waals surface area contributed by atoms with Gasteiger partial charge in [0.25, 0.3) is 0 Å². The summed E-state index contributed by atoms with van der Waals surface area (Å²) in [4.78, 5) is 0. The molecule has 0 unspecified atom stereocenters. The fraction of sp³-hybridized carbons (Fsp3) is 0.125. The second-order valence-corrected chi connectivity index (χ2v) is 9.33. The fourth-order valence-corrected chi connectivity index (χ4v) is 4.53. The molecule has 0 spiro atoms. The van der Waals surface area contributed by atoms with Gasteiger partial charge < -0.3 is 4.74 Å². The van der Waals surface area contributed by atoms with E-state index >= 15 is 8.78 Å². The molecule has 40 heavy (non-hydrogen) atoms. The van der Waals surface area contributed by atoms with Crippen molar-refractivity contribution in [1.29, 1.82) is 0 Å². The topological polar surface area (TPSA) is 9.23 Å². The first-order chi connectivity index (χ1) is 19.1. The number of rotatable bonds is 7. The number of halogens is 7. The molecular formula is C32H21F7O. The minimum atomic E-state index is -4.01. The van der Waals surface area contributed by atoms with Crippen molar-refractivity contribution in [1.82, 2.24) is 0 Å².